The Morgan fingerprint density at radius 1 is 1.29 bits per heavy atom. The van der Waals surface area contributed by atoms with Gasteiger partial charge in [0.2, 0.25) is 0 Å². The lowest BCUT2D eigenvalue weighted by molar-refractivity contribution is -0.0415. The van der Waals surface area contributed by atoms with E-state index >= 15 is 0 Å². The third kappa shape index (κ3) is 2.70. The number of fused-ring (bicyclic) bond motifs is 1. The summed E-state index contributed by atoms with van der Waals surface area (Å²) in [5.41, 5.74) is 2.27. The minimum absolute atomic E-state index is 0.0481. The van der Waals surface area contributed by atoms with Crippen molar-refractivity contribution in [3.05, 3.63) is 35.4 Å². The molecule has 1 aliphatic carbocycles. The molecule has 0 saturated heterocycles. The van der Waals surface area contributed by atoms with Crippen LogP contribution >= 0.6 is 0 Å². The maximum absolute atomic E-state index is 10.2. The first-order valence-electron chi connectivity index (χ1n) is 6.63. The highest BCUT2D eigenvalue weighted by molar-refractivity contribution is 5.35. The Kier molecular flexibility index (Phi) is 4.19. The molecule has 1 aromatic carbocycles. The molecule has 0 amide bonds. The van der Waals surface area contributed by atoms with Gasteiger partial charge in [-0.1, -0.05) is 51.0 Å². The van der Waals surface area contributed by atoms with Crippen LogP contribution in [0, 0.1) is 5.92 Å². The van der Waals surface area contributed by atoms with E-state index in [4.69, 9.17) is 4.74 Å². The van der Waals surface area contributed by atoms with Gasteiger partial charge in [0, 0.05) is 13.0 Å². The number of aliphatic hydroxyl groups excluding tert-OH is 1. The fourth-order valence-electron chi connectivity index (χ4n) is 2.47. The van der Waals surface area contributed by atoms with E-state index in [0.29, 0.717) is 5.92 Å². The largest absolute Gasteiger partial charge is 0.386 e. The van der Waals surface area contributed by atoms with E-state index in [1.807, 2.05) is 18.2 Å². The van der Waals surface area contributed by atoms with Crippen LogP contribution in [0.1, 0.15) is 43.9 Å². The Morgan fingerprint density at radius 3 is 2.65 bits per heavy atom. The van der Waals surface area contributed by atoms with Crippen molar-refractivity contribution in [1.29, 1.82) is 0 Å². The molecule has 2 atom stereocenters. The normalized spacial score (nSPS) is 23.1. The molecular weight excluding hydrogens is 212 g/mol. The predicted molar refractivity (Wildman–Crippen MR) is 68.9 cm³/mol. The third-order valence-electron chi connectivity index (χ3n) is 3.85. The van der Waals surface area contributed by atoms with Gasteiger partial charge in [0.1, 0.15) is 6.10 Å². The Morgan fingerprint density at radius 2 is 2.00 bits per heavy atom. The van der Waals surface area contributed by atoms with Crippen molar-refractivity contribution < 1.29 is 9.84 Å². The van der Waals surface area contributed by atoms with Crippen LogP contribution < -0.4 is 0 Å². The molecule has 0 aromatic heterocycles. The lowest BCUT2D eigenvalue weighted by atomic mass is 10.1. The minimum Gasteiger partial charge on any atom is -0.386 e. The molecule has 1 N–H and O–H groups in total. The molecular formula is C15H22O2. The van der Waals surface area contributed by atoms with E-state index in [-0.39, 0.29) is 6.10 Å². The maximum Gasteiger partial charge on any atom is 0.106 e. The van der Waals surface area contributed by atoms with Crippen LogP contribution in [0.3, 0.4) is 0 Å². The second-order valence-corrected chi connectivity index (χ2v) is 4.90. The predicted octanol–water partition coefficient (Wildman–Crippen LogP) is 3.10. The molecule has 1 aliphatic rings. The van der Waals surface area contributed by atoms with Crippen molar-refractivity contribution in [2.45, 2.75) is 45.3 Å². The van der Waals surface area contributed by atoms with Gasteiger partial charge >= 0.3 is 0 Å². The van der Waals surface area contributed by atoms with Crippen molar-refractivity contribution in [3.8, 4) is 0 Å². The molecule has 94 valence electrons. The maximum atomic E-state index is 10.2. The van der Waals surface area contributed by atoms with Crippen LogP contribution in [0.5, 0.6) is 0 Å². The summed E-state index contributed by atoms with van der Waals surface area (Å²) in [6.07, 6.45) is 2.64. The van der Waals surface area contributed by atoms with Crippen LogP contribution in [0.25, 0.3) is 0 Å². The van der Waals surface area contributed by atoms with Gasteiger partial charge in [0.15, 0.2) is 0 Å². The van der Waals surface area contributed by atoms with Crippen LogP contribution in [0.4, 0.5) is 0 Å². The van der Waals surface area contributed by atoms with E-state index < -0.39 is 6.10 Å². The number of hydrogen-bond donors (Lipinski definition) is 1. The molecule has 0 heterocycles. The summed E-state index contributed by atoms with van der Waals surface area (Å²) in [4.78, 5) is 0. The highest BCUT2D eigenvalue weighted by atomic mass is 16.5. The summed E-state index contributed by atoms with van der Waals surface area (Å²) in [6, 6.07) is 8.08. The average molecular weight is 234 g/mol. The van der Waals surface area contributed by atoms with Gasteiger partial charge < -0.3 is 9.84 Å². The van der Waals surface area contributed by atoms with Crippen molar-refractivity contribution in [1.82, 2.24) is 0 Å². The minimum atomic E-state index is -0.444. The number of rotatable bonds is 5. The Bertz CT molecular complexity index is 358. The third-order valence-corrected chi connectivity index (χ3v) is 3.85. The van der Waals surface area contributed by atoms with Gasteiger partial charge in [-0.15, -0.1) is 0 Å². The molecule has 0 bridgehead atoms. The van der Waals surface area contributed by atoms with Crippen molar-refractivity contribution in [2.24, 2.45) is 5.92 Å². The lowest BCUT2D eigenvalue weighted by Gasteiger charge is -2.20. The number of ether oxygens (including phenoxy) is 1. The van der Waals surface area contributed by atoms with Crippen LogP contribution in [0.15, 0.2) is 24.3 Å². The van der Waals surface area contributed by atoms with Crippen LogP contribution in [0.2, 0.25) is 0 Å². The second kappa shape index (κ2) is 5.65. The van der Waals surface area contributed by atoms with Gasteiger partial charge in [0.25, 0.3) is 0 Å². The quantitative estimate of drug-likeness (QED) is 0.848. The van der Waals surface area contributed by atoms with Gasteiger partial charge in [-0.25, -0.2) is 0 Å². The Balaban J connectivity index is 1.94. The van der Waals surface area contributed by atoms with E-state index in [9.17, 15) is 5.11 Å². The van der Waals surface area contributed by atoms with E-state index in [1.165, 1.54) is 5.56 Å². The molecule has 0 saturated carbocycles. The molecule has 0 spiro atoms. The van der Waals surface area contributed by atoms with E-state index in [0.717, 1.165) is 31.4 Å². The molecule has 2 nitrogen and oxygen atoms in total. The summed E-state index contributed by atoms with van der Waals surface area (Å²) in [6.45, 7) is 5.15. The zero-order chi connectivity index (χ0) is 12.3. The highest BCUT2D eigenvalue weighted by Gasteiger charge is 2.31. The summed E-state index contributed by atoms with van der Waals surface area (Å²) >= 11 is 0. The van der Waals surface area contributed by atoms with Crippen molar-refractivity contribution in [3.63, 3.8) is 0 Å². The molecule has 1 aromatic rings. The number of benzene rings is 1. The molecule has 0 aliphatic heterocycles. The topological polar surface area (TPSA) is 29.5 Å². The summed E-state index contributed by atoms with van der Waals surface area (Å²) in [5, 5.41) is 10.2. The molecule has 17 heavy (non-hydrogen) atoms. The monoisotopic (exact) mass is 234 g/mol. The highest BCUT2D eigenvalue weighted by Crippen LogP contribution is 2.33. The number of hydrogen-bond acceptors (Lipinski definition) is 2. The van der Waals surface area contributed by atoms with Crippen LogP contribution in [-0.4, -0.2) is 17.8 Å². The summed E-state index contributed by atoms with van der Waals surface area (Å²) in [5.74, 6) is 0.617. The average Bonchev–Trinajstić information content (AvgIpc) is 2.68. The molecule has 2 rings (SSSR count). The standard InChI is InChI=1S/C15H22O2/c1-3-11(4-2)10-17-14-9-12-7-5-6-8-13(12)15(14)16/h5-8,11,14-16H,3-4,9-10H2,1-2H3. The summed E-state index contributed by atoms with van der Waals surface area (Å²) < 4.78 is 5.89. The Labute approximate surface area is 104 Å². The van der Waals surface area contributed by atoms with Gasteiger partial charge in [-0.05, 0) is 17.0 Å². The van der Waals surface area contributed by atoms with E-state index in [2.05, 4.69) is 19.9 Å². The lowest BCUT2D eigenvalue weighted by Crippen LogP contribution is -2.22. The van der Waals surface area contributed by atoms with Gasteiger partial charge in [-0.2, -0.15) is 0 Å². The fraction of sp³-hybridized carbons (Fsp3) is 0.600. The SMILES string of the molecule is CCC(CC)COC1Cc2ccccc2C1O. The fourth-order valence-corrected chi connectivity index (χ4v) is 2.47. The summed E-state index contributed by atoms with van der Waals surface area (Å²) in [7, 11) is 0. The Hall–Kier alpha value is -0.860. The van der Waals surface area contributed by atoms with Crippen LogP contribution in [-0.2, 0) is 11.2 Å². The van der Waals surface area contributed by atoms with Crippen molar-refractivity contribution >= 4 is 0 Å². The first-order valence-corrected chi connectivity index (χ1v) is 6.63. The number of aliphatic hydroxyl groups is 1. The first-order chi connectivity index (χ1) is 8.26. The van der Waals surface area contributed by atoms with E-state index in [1.54, 1.807) is 0 Å². The smallest absolute Gasteiger partial charge is 0.106 e. The first kappa shape index (κ1) is 12.6. The van der Waals surface area contributed by atoms with Gasteiger partial charge in [0.05, 0.1) is 6.10 Å². The zero-order valence-electron chi connectivity index (χ0n) is 10.7. The molecule has 0 fully saturated rings. The second-order valence-electron chi connectivity index (χ2n) is 4.90. The molecule has 2 unspecified atom stereocenters. The molecule has 2 heteroatoms. The molecule has 0 radical (unpaired) electrons. The van der Waals surface area contributed by atoms with Crippen molar-refractivity contribution in [2.75, 3.05) is 6.61 Å². The van der Waals surface area contributed by atoms with Gasteiger partial charge in [-0.3, -0.25) is 0 Å². The zero-order valence-corrected chi connectivity index (χ0v) is 10.7.